The fourth-order valence-electron chi connectivity index (χ4n) is 1.94. The highest BCUT2D eigenvalue weighted by atomic mass is 19.4. The topological polar surface area (TPSA) is 21.3 Å². The van der Waals surface area contributed by atoms with Crippen molar-refractivity contribution in [2.24, 2.45) is 0 Å². The van der Waals surface area contributed by atoms with Crippen molar-refractivity contribution < 1.29 is 17.9 Å². The average Bonchev–Trinajstić information content (AvgIpc) is 2.23. The van der Waals surface area contributed by atoms with Crippen LogP contribution in [0.4, 0.5) is 13.2 Å². The first kappa shape index (κ1) is 16.7. The molecule has 2 atom stereocenters. The quantitative estimate of drug-likeness (QED) is 0.680. The zero-order valence-corrected chi connectivity index (χ0v) is 10.9. The lowest BCUT2D eigenvalue weighted by Crippen LogP contribution is -2.41. The summed E-state index contributed by atoms with van der Waals surface area (Å²) in [6.07, 6.45) is -3.27. The molecule has 0 radical (unpaired) electrons. The van der Waals surface area contributed by atoms with Gasteiger partial charge in [0.1, 0.15) is 0 Å². The molecule has 0 rings (SSSR count). The molecule has 0 aromatic heterocycles. The summed E-state index contributed by atoms with van der Waals surface area (Å²) in [5, 5.41) is 3.21. The summed E-state index contributed by atoms with van der Waals surface area (Å²) >= 11 is 0. The minimum absolute atomic E-state index is 0.00758. The van der Waals surface area contributed by atoms with Crippen LogP contribution in [0.3, 0.4) is 0 Å². The van der Waals surface area contributed by atoms with E-state index >= 15 is 0 Å². The van der Waals surface area contributed by atoms with Crippen molar-refractivity contribution in [3.8, 4) is 0 Å². The van der Waals surface area contributed by atoms with Gasteiger partial charge in [0.25, 0.3) is 0 Å². The van der Waals surface area contributed by atoms with Gasteiger partial charge >= 0.3 is 6.18 Å². The fourth-order valence-corrected chi connectivity index (χ4v) is 1.94. The van der Waals surface area contributed by atoms with E-state index in [2.05, 4.69) is 5.32 Å². The molecule has 0 saturated heterocycles. The van der Waals surface area contributed by atoms with Gasteiger partial charge < -0.3 is 10.1 Å². The fraction of sp³-hybridized carbons (Fsp3) is 1.00. The largest absolute Gasteiger partial charge is 0.389 e. The Morgan fingerprint density at radius 2 is 1.82 bits per heavy atom. The van der Waals surface area contributed by atoms with Crippen molar-refractivity contribution in [2.45, 2.75) is 64.8 Å². The monoisotopic (exact) mass is 255 g/mol. The number of rotatable bonds is 9. The Morgan fingerprint density at radius 3 is 2.24 bits per heavy atom. The number of hydrogen-bond acceptors (Lipinski definition) is 2. The van der Waals surface area contributed by atoms with Gasteiger partial charge in [0.15, 0.2) is 0 Å². The maximum absolute atomic E-state index is 12.1. The molecule has 0 fully saturated rings. The van der Waals surface area contributed by atoms with Gasteiger partial charge in [-0.05, 0) is 32.7 Å². The van der Waals surface area contributed by atoms with Crippen molar-refractivity contribution in [1.29, 1.82) is 0 Å². The molecule has 0 bridgehead atoms. The molecular weight excluding hydrogens is 231 g/mol. The van der Waals surface area contributed by atoms with Crippen LogP contribution in [0.25, 0.3) is 0 Å². The molecule has 17 heavy (non-hydrogen) atoms. The molecule has 0 aromatic rings. The van der Waals surface area contributed by atoms with Crippen LogP contribution in [0.15, 0.2) is 0 Å². The maximum atomic E-state index is 12.1. The predicted octanol–water partition coefficient (Wildman–Crippen LogP) is 3.51. The Balaban J connectivity index is 4.12. The van der Waals surface area contributed by atoms with Gasteiger partial charge in [-0.15, -0.1) is 0 Å². The Morgan fingerprint density at radius 1 is 1.18 bits per heavy atom. The third-order valence-electron chi connectivity index (χ3n) is 2.67. The van der Waals surface area contributed by atoms with E-state index in [9.17, 15) is 13.2 Å². The van der Waals surface area contributed by atoms with Crippen LogP contribution in [0, 0.1) is 0 Å². The van der Waals surface area contributed by atoms with Gasteiger partial charge in [0, 0.05) is 19.1 Å². The third-order valence-corrected chi connectivity index (χ3v) is 2.67. The lowest BCUT2D eigenvalue weighted by atomic mass is 10.0. The van der Waals surface area contributed by atoms with Gasteiger partial charge in [-0.2, -0.15) is 13.2 Å². The molecule has 104 valence electrons. The van der Waals surface area contributed by atoms with Crippen LogP contribution in [-0.4, -0.2) is 31.5 Å². The SMILES string of the molecule is CCNC(CCCC(F)(F)F)C(CC)OCC. The van der Waals surface area contributed by atoms with Crippen molar-refractivity contribution in [3.05, 3.63) is 0 Å². The van der Waals surface area contributed by atoms with Crippen molar-refractivity contribution in [1.82, 2.24) is 5.32 Å². The van der Waals surface area contributed by atoms with E-state index in [1.165, 1.54) is 0 Å². The van der Waals surface area contributed by atoms with E-state index < -0.39 is 12.6 Å². The molecule has 1 N–H and O–H groups in total. The van der Waals surface area contributed by atoms with Crippen LogP contribution in [0.1, 0.15) is 46.5 Å². The first-order valence-electron chi connectivity index (χ1n) is 6.36. The number of halogens is 3. The van der Waals surface area contributed by atoms with Gasteiger partial charge in [0.05, 0.1) is 6.10 Å². The highest BCUT2D eigenvalue weighted by molar-refractivity contribution is 4.76. The number of nitrogens with one attached hydrogen (secondary N) is 1. The predicted molar refractivity (Wildman–Crippen MR) is 63.1 cm³/mol. The molecule has 0 aliphatic rings. The van der Waals surface area contributed by atoms with E-state index in [4.69, 9.17) is 4.74 Å². The average molecular weight is 255 g/mol. The maximum Gasteiger partial charge on any atom is 0.389 e. The van der Waals surface area contributed by atoms with E-state index in [-0.39, 0.29) is 18.6 Å². The van der Waals surface area contributed by atoms with E-state index in [1.807, 2.05) is 20.8 Å². The zero-order chi connectivity index (χ0) is 13.3. The molecular formula is C12H24F3NO. The molecule has 5 heteroatoms. The third kappa shape index (κ3) is 8.44. The minimum Gasteiger partial charge on any atom is -0.377 e. The van der Waals surface area contributed by atoms with Gasteiger partial charge in [-0.3, -0.25) is 0 Å². The van der Waals surface area contributed by atoms with Gasteiger partial charge in [-0.1, -0.05) is 13.8 Å². The standard InChI is InChI=1S/C12H24F3NO/c1-4-11(17-6-3)10(16-5-2)8-7-9-12(13,14)15/h10-11,16H,4-9H2,1-3H3. The Bertz CT molecular complexity index is 185. The summed E-state index contributed by atoms with van der Waals surface area (Å²) < 4.78 is 41.8. The molecule has 0 aliphatic heterocycles. The summed E-state index contributed by atoms with van der Waals surface area (Å²) in [7, 11) is 0. The van der Waals surface area contributed by atoms with Crippen molar-refractivity contribution >= 4 is 0 Å². The van der Waals surface area contributed by atoms with Gasteiger partial charge in [-0.25, -0.2) is 0 Å². The molecule has 0 aliphatic carbocycles. The second-order valence-electron chi connectivity index (χ2n) is 4.07. The van der Waals surface area contributed by atoms with Crippen molar-refractivity contribution in [3.63, 3.8) is 0 Å². The first-order chi connectivity index (χ1) is 7.94. The lowest BCUT2D eigenvalue weighted by molar-refractivity contribution is -0.136. The number of likely N-dealkylation sites (N-methyl/N-ethyl adjacent to an activating group) is 1. The first-order valence-corrected chi connectivity index (χ1v) is 6.36. The normalized spacial score (nSPS) is 15.9. The summed E-state index contributed by atoms with van der Waals surface area (Å²) in [6, 6.07) is 0.0206. The van der Waals surface area contributed by atoms with E-state index in [0.717, 1.165) is 13.0 Å². The summed E-state index contributed by atoms with van der Waals surface area (Å²) in [5.41, 5.74) is 0. The lowest BCUT2D eigenvalue weighted by Gasteiger charge is -2.27. The minimum atomic E-state index is -4.05. The molecule has 2 unspecified atom stereocenters. The zero-order valence-electron chi connectivity index (χ0n) is 10.9. The van der Waals surface area contributed by atoms with E-state index in [1.54, 1.807) is 0 Å². The number of alkyl halides is 3. The summed E-state index contributed by atoms with van der Waals surface area (Å²) in [6.45, 7) is 7.20. The Kier molecular flexibility index (Phi) is 8.60. The van der Waals surface area contributed by atoms with Gasteiger partial charge in [0.2, 0.25) is 0 Å². The Hall–Kier alpha value is -0.290. The molecule has 0 amide bonds. The molecule has 0 spiro atoms. The molecule has 0 saturated carbocycles. The molecule has 0 heterocycles. The number of hydrogen-bond donors (Lipinski definition) is 1. The Labute approximate surface area is 102 Å². The second-order valence-corrected chi connectivity index (χ2v) is 4.07. The molecule has 2 nitrogen and oxygen atoms in total. The smallest absolute Gasteiger partial charge is 0.377 e. The summed E-state index contributed by atoms with van der Waals surface area (Å²) in [4.78, 5) is 0. The number of ether oxygens (including phenoxy) is 1. The van der Waals surface area contributed by atoms with Crippen LogP contribution in [0.2, 0.25) is 0 Å². The van der Waals surface area contributed by atoms with Crippen LogP contribution in [-0.2, 0) is 4.74 Å². The molecule has 0 aromatic carbocycles. The second kappa shape index (κ2) is 8.75. The van der Waals surface area contributed by atoms with Crippen LogP contribution >= 0.6 is 0 Å². The van der Waals surface area contributed by atoms with Crippen molar-refractivity contribution in [2.75, 3.05) is 13.2 Å². The van der Waals surface area contributed by atoms with E-state index in [0.29, 0.717) is 13.0 Å². The highest BCUT2D eigenvalue weighted by Crippen LogP contribution is 2.23. The summed E-state index contributed by atoms with van der Waals surface area (Å²) in [5.74, 6) is 0. The highest BCUT2D eigenvalue weighted by Gasteiger charge is 2.28. The van der Waals surface area contributed by atoms with Crippen LogP contribution in [0.5, 0.6) is 0 Å². The van der Waals surface area contributed by atoms with Crippen LogP contribution < -0.4 is 5.32 Å².